The van der Waals surface area contributed by atoms with Crippen LogP contribution in [0.5, 0.6) is 11.5 Å². The molecule has 0 saturated heterocycles. The van der Waals surface area contributed by atoms with E-state index in [1.165, 1.54) is 13.2 Å². The first kappa shape index (κ1) is 27.7. The third kappa shape index (κ3) is 11.6. The maximum atomic E-state index is 11.2. The number of ether oxygens (including phenoxy) is 2. The number of hydrogen-bond donors (Lipinski definition) is 3. The summed E-state index contributed by atoms with van der Waals surface area (Å²) in [5, 5.41) is 11.0. The highest BCUT2D eigenvalue weighted by molar-refractivity contribution is 7.90. The molecular formula is C20H34N2O7S. The average molecular weight is 447 g/mol. The number of aliphatic carboxylic acids is 1. The second kappa shape index (κ2) is 13.1. The molecule has 30 heavy (non-hydrogen) atoms. The molecule has 0 aliphatic rings. The summed E-state index contributed by atoms with van der Waals surface area (Å²) >= 11 is 0. The Labute approximate surface area is 178 Å². The van der Waals surface area contributed by atoms with Crippen LogP contribution in [-0.4, -0.2) is 57.2 Å². The van der Waals surface area contributed by atoms with Crippen LogP contribution in [0.25, 0.3) is 0 Å². The van der Waals surface area contributed by atoms with Gasteiger partial charge in [0.25, 0.3) is 0 Å². The highest BCUT2D eigenvalue weighted by Gasteiger charge is 2.19. The topological polar surface area (TPSA) is 145 Å². The van der Waals surface area contributed by atoms with E-state index in [0.29, 0.717) is 30.1 Å². The Morgan fingerprint density at radius 1 is 1.23 bits per heavy atom. The maximum absolute atomic E-state index is 11.2. The minimum absolute atomic E-state index is 0.0924. The van der Waals surface area contributed by atoms with Gasteiger partial charge in [-0.15, -0.1) is 0 Å². The second-order valence-electron chi connectivity index (χ2n) is 7.26. The van der Waals surface area contributed by atoms with Crippen molar-refractivity contribution in [3.8, 4) is 11.5 Å². The summed E-state index contributed by atoms with van der Waals surface area (Å²) in [6.07, 6.45) is 1.63. The van der Waals surface area contributed by atoms with E-state index in [4.69, 9.17) is 20.3 Å². The first-order valence-corrected chi connectivity index (χ1v) is 11.6. The summed E-state index contributed by atoms with van der Waals surface area (Å²) < 4.78 is 33.0. The van der Waals surface area contributed by atoms with E-state index in [0.717, 1.165) is 0 Å². The molecule has 9 nitrogen and oxygen atoms in total. The fraction of sp³-hybridized carbons (Fsp3) is 0.600. The Hall–Kier alpha value is -2.33. The highest BCUT2D eigenvalue weighted by atomic mass is 32.2. The molecule has 0 bridgehead atoms. The normalized spacial score (nSPS) is 12.9. The lowest BCUT2D eigenvalue weighted by molar-refractivity contribution is -0.142. The Bertz CT molecular complexity index is 794. The molecule has 0 aliphatic heterocycles. The van der Waals surface area contributed by atoms with Crippen molar-refractivity contribution >= 4 is 21.7 Å². The number of amides is 1. The largest absolute Gasteiger partial charge is 0.493 e. The van der Waals surface area contributed by atoms with Gasteiger partial charge in [0, 0.05) is 19.2 Å². The minimum Gasteiger partial charge on any atom is -0.493 e. The van der Waals surface area contributed by atoms with E-state index in [1.54, 1.807) is 25.3 Å². The van der Waals surface area contributed by atoms with Gasteiger partial charge in [-0.3, -0.25) is 4.79 Å². The number of carbonyl (C=O) groups excluding carboxylic acids is 1. The molecule has 1 rings (SSSR count). The van der Waals surface area contributed by atoms with Gasteiger partial charge in [0.1, 0.15) is 15.9 Å². The van der Waals surface area contributed by atoms with Gasteiger partial charge in [-0.1, -0.05) is 19.9 Å². The SMILES string of the molecule is CC(=O)NC(CC(C)C)C(=O)O.CCOc1cc(C(N)CS(C)(=O)=O)ccc1OC. The number of benzene rings is 1. The number of carboxylic acid groups (broad SMARTS) is 1. The molecule has 1 aromatic rings. The molecule has 0 saturated carbocycles. The number of nitrogens with one attached hydrogen (secondary N) is 1. The van der Waals surface area contributed by atoms with Gasteiger partial charge in [-0.25, -0.2) is 13.2 Å². The number of sulfone groups is 1. The Balaban J connectivity index is 0.000000612. The number of nitrogens with two attached hydrogens (primary N) is 1. The van der Waals surface area contributed by atoms with Crippen molar-refractivity contribution < 1.29 is 32.6 Å². The minimum atomic E-state index is -3.11. The van der Waals surface area contributed by atoms with Crippen LogP contribution in [0.4, 0.5) is 0 Å². The van der Waals surface area contributed by atoms with Crippen LogP contribution in [0.1, 0.15) is 45.7 Å². The molecule has 172 valence electrons. The van der Waals surface area contributed by atoms with Gasteiger partial charge in [-0.2, -0.15) is 0 Å². The Kier molecular flexibility index (Phi) is 12.1. The monoisotopic (exact) mass is 446 g/mol. The van der Waals surface area contributed by atoms with Crippen molar-refractivity contribution in [2.45, 2.75) is 46.2 Å². The van der Waals surface area contributed by atoms with E-state index in [1.807, 2.05) is 20.8 Å². The number of carbonyl (C=O) groups is 2. The summed E-state index contributed by atoms with van der Waals surface area (Å²) in [7, 11) is -1.56. The lowest BCUT2D eigenvalue weighted by atomic mass is 10.0. The average Bonchev–Trinajstić information content (AvgIpc) is 2.59. The van der Waals surface area contributed by atoms with E-state index >= 15 is 0 Å². The summed E-state index contributed by atoms with van der Waals surface area (Å²) in [5.74, 6) is 0.0683. The molecule has 0 fully saturated rings. The third-order valence-electron chi connectivity index (χ3n) is 3.78. The van der Waals surface area contributed by atoms with Crippen LogP contribution in [0.3, 0.4) is 0 Å². The molecule has 1 amide bonds. The fourth-order valence-electron chi connectivity index (χ4n) is 2.55. The van der Waals surface area contributed by atoms with Crippen LogP contribution < -0.4 is 20.5 Å². The van der Waals surface area contributed by atoms with Gasteiger partial charge in [-0.05, 0) is 37.0 Å². The predicted molar refractivity (Wildman–Crippen MR) is 115 cm³/mol. The Morgan fingerprint density at radius 2 is 1.83 bits per heavy atom. The predicted octanol–water partition coefficient (Wildman–Crippen LogP) is 1.76. The van der Waals surface area contributed by atoms with Crippen LogP contribution in [0.2, 0.25) is 0 Å². The van der Waals surface area contributed by atoms with Crippen molar-refractivity contribution in [1.29, 1.82) is 0 Å². The van der Waals surface area contributed by atoms with Crippen LogP contribution in [0, 0.1) is 5.92 Å². The molecule has 4 N–H and O–H groups in total. The van der Waals surface area contributed by atoms with E-state index in [-0.39, 0.29) is 17.6 Å². The van der Waals surface area contributed by atoms with Gasteiger partial charge in [0.2, 0.25) is 5.91 Å². The van der Waals surface area contributed by atoms with E-state index < -0.39 is 27.9 Å². The zero-order valence-electron chi connectivity index (χ0n) is 18.5. The molecule has 0 radical (unpaired) electrons. The molecule has 10 heteroatoms. The van der Waals surface area contributed by atoms with Gasteiger partial charge in [0.15, 0.2) is 11.5 Å². The molecule has 0 heterocycles. The molecule has 2 unspecified atom stereocenters. The smallest absolute Gasteiger partial charge is 0.326 e. The Morgan fingerprint density at radius 3 is 2.23 bits per heavy atom. The van der Waals surface area contributed by atoms with Gasteiger partial charge in [0.05, 0.1) is 19.5 Å². The summed E-state index contributed by atoms with van der Waals surface area (Å²) in [5.41, 5.74) is 6.57. The molecule has 0 aliphatic carbocycles. The van der Waals surface area contributed by atoms with Crippen molar-refractivity contribution in [1.82, 2.24) is 5.32 Å². The summed E-state index contributed by atoms with van der Waals surface area (Å²) in [4.78, 5) is 21.1. The van der Waals surface area contributed by atoms with Crippen molar-refractivity contribution in [3.05, 3.63) is 23.8 Å². The first-order chi connectivity index (χ1) is 13.8. The zero-order valence-corrected chi connectivity index (χ0v) is 19.3. The van der Waals surface area contributed by atoms with Crippen LogP contribution in [0.15, 0.2) is 18.2 Å². The third-order valence-corrected chi connectivity index (χ3v) is 4.75. The first-order valence-electron chi connectivity index (χ1n) is 9.54. The van der Waals surface area contributed by atoms with E-state index in [9.17, 15) is 18.0 Å². The van der Waals surface area contributed by atoms with Crippen molar-refractivity contribution in [2.75, 3.05) is 25.7 Å². The highest BCUT2D eigenvalue weighted by Crippen LogP contribution is 2.30. The molecule has 0 aromatic heterocycles. The van der Waals surface area contributed by atoms with E-state index in [2.05, 4.69) is 5.32 Å². The molecule has 1 aromatic carbocycles. The summed E-state index contributed by atoms with van der Waals surface area (Å²) in [6, 6.07) is 3.88. The molecule has 0 spiro atoms. The fourth-order valence-corrected chi connectivity index (χ4v) is 3.40. The lowest BCUT2D eigenvalue weighted by Crippen LogP contribution is -2.40. The quantitative estimate of drug-likeness (QED) is 0.493. The second-order valence-corrected chi connectivity index (χ2v) is 9.45. The number of carboxylic acids is 1. The number of rotatable bonds is 10. The van der Waals surface area contributed by atoms with Crippen molar-refractivity contribution in [2.24, 2.45) is 11.7 Å². The standard InChI is InChI=1S/C12H19NO4S.C8H15NO3/c1-4-17-12-7-9(5-6-11(12)16-2)10(13)8-18(3,14)15;1-5(2)4-7(8(11)12)9-6(3)10/h5-7,10H,4,8,13H2,1-3H3;5,7H,4H2,1-3H3,(H,9,10)(H,11,12). The van der Waals surface area contributed by atoms with Crippen LogP contribution >= 0.6 is 0 Å². The molecule has 2 atom stereocenters. The number of methoxy groups -OCH3 is 1. The van der Waals surface area contributed by atoms with Crippen molar-refractivity contribution in [3.63, 3.8) is 0 Å². The van der Waals surface area contributed by atoms with Gasteiger partial charge < -0.3 is 25.6 Å². The molecular weight excluding hydrogens is 412 g/mol. The zero-order chi connectivity index (χ0) is 23.5. The number of hydrogen-bond acceptors (Lipinski definition) is 7. The summed E-state index contributed by atoms with van der Waals surface area (Å²) in [6.45, 7) is 7.51. The van der Waals surface area contributed by atoms with Crippen LogP contribution in [-0.2, 0) is 19.4 Å². The maximum Gasteiger partial charge on any atom is 0.326 e. The lowest BCUT2D eigenvalue weighted by Gasteiger charge is -2.15. The van der Waals surface area contributed by atoms with Gasteiger partial charge >= 0.3 is 5.97 Å².